The molecule has 7 heteroatoms. The monoisotopic (exact) mass is 478 g/mol. The maximum absolute atomic E-state index is 12.4. The van der Waals surface area contributed by atoms with Crippen molar-refractivity contribution in [2.24, 2.45) is 0 Å². The van der Waals surface area contributed by atoms with E-state index in [1.165, 1.54) is 12.2 Å². The molecule has 0 saturated carbocycles. The van der Waals surface area contributed by atoms with Crippen molar-refractivity contribution in [1.82, 2.24) is 10.9 Å². The third kappa shape index (κ3) is 6.38. The topological polar surface area (TPSA) is 84.5 Å². The molecule has 0 heterocycles. The molecule has 31 heavy (non-hydrogen) atoms. The van der Waals surface area contributed by atoms with Gasteiger partial charge in [-0.1, -0.05) is 51.8 Å². The Balaban J connectivity index is 1.61. The second-order valence-electron chi connectivity index (χ2n) is 6.58. The number of hydrogen-bond acceptors (Lipinski definition) is 4. The highest BCUT2D eigenvalue weighted by Crippen LogP contribution is 2.21. The number of hydrazine groups is 1. The number of benzene rings is 3. The van der Waals surface area contributed by atoms with Crippen LogP contribution in [-0.2, 0) is 4.79 Å². The van der Waals surface area contributed by atoms with E-state index in [1.807, 2.05) is 13.0 Å². The number of para-hydroxylation sites is 1. The van der Waals surface area contributed by atoms with Gasteiger partial charge in [-0.3, -0.25) is 20.4 Å². The lowest BCUT2D eigenvalue weighted by Crippen LogP contribution is -2.40. The number of esters is 1. The first-order valence-corrected chi connectivity index (χ1v) is 10.1. The number of carbonyl (C=O) groups is 3. The second kappa shape index (κ2) is 10.4. The van der Waals surface area contributed by atoms with Crippen LogP contribution in [0.1, 0.15) is 31.8 Å². The molecule has 0 bridgehead atoms. The van der Waals surface area contributed by atoms with Gasteiger partial charge in [0.15, 0.2) is 0 Å². The van der Waals surface area contributed by atoms with Gasteiger partial charge in [-0.2, -0.15) is 0 Å². The van der Waals surface area contributed by atoms with Crippen molar-refractivity contribution < 1.29 is 19.1 Å². The summed E-state index contributed by atoms with van der Waals surface area (Å²) >= 11 is 3.29. The van der Waals surface area contributed by atoms with Crippen molar-refractivity contribution in [2.45, 2.75) is 6.92 Å². The number of hydrogen-bond donors (Lipinski definition) is 2. The van der Waals surface area contributed by atoms with Crippen LogP contribution in [0.4, 0.5) is 0 Å². The summed E-state index contributed by atoms with van der Waals surface area (Å²) in [6.07, 6.45) is 2.74. The van der Waals surface area contributed by atoms with Crippen LogP contribution in [-0.4, -0.2) is 17.8 Å². The van der Waals surface area contributed by atoms with Gasteiger partial charge in [0, 0.05) is 21.7 Å². The Morgan fingerprint density at radius 2 is 1.61 bits per heavy atom. The molecule has 2 amide bonds. The van der Waals surface area contributed by atoms with Gasteiger partial charge in [-0.25, -0.2) is 4.79 Å². The van der Waals surface area contributed by atoms with Gasteiger partial charge in [-0.05, 0) is 55.5 Å². The molecule has 0 atom stereocenters. The van der Waals surface area contributed by atoms with Crippen LogP contribution in [0, 0.1) is 6.92 Å². The minimum Gasteiger partial charge on any atom is -0.422 e. The number of halogens is 1. The summed E-state index contributed by atoms with van der Waals surface area (Å²) < 4.78 is 6.33. The highest BCUT2D eigenvalue weighted by Gasteiger charge is 2.11. The lowest BCUT2D eigenvalue weighted by atomic mass is 10.1. The highest BCUT2D eigenvalue weighted by molar-refractivity contribution is 9.10. The molecular weight excluding hydrogens is 460 g/mol. The fraction of sp³-hybridized carbons (Fsp3) is 0.0417. The van der Waals surface area contributed by atoms with E-state index in [1.54, 1.807) is 66.7 Å². The third-order valence-electron chi connectivity index (χ3n) is 4.20. The SMILES string of the molecule is Cc1cccc(C(=O)Oc2ccccc2/C=C/C(=O)NNC(=O)c2ccc(Br)cc2)c1. The number of carbonyl (C=O) groups excluding carboxylic acids is 3. The largest absolute Gasteiger partial charge is 0.422 e. The van der Waals surface area contributed by atoms with Crippen LogP contribution in [0.5, 0.6) is 5.75 Å². The van der Waals surface area contributed by atoms with E-state index in [0.717, 1.165) is 10.0 Å². The summed E-state index contributed by atoms with van der Waals surface area (Å²) in [4.78, 5) is 36.5. The van der Waals surface area contributed by atoms with Gasteiger partial charge in [0.1, 0.15) is 5.75 Å². The van der Waals surface area contributed by atoms with Gasteiger partial charge >= 0.3 is 5.97 Å². The van der Waals surface area contributed by atoms with E-state index >= 15 is 0 Å². The number of nitrogens with one attached hydrogen (secondary N) is 2. The van der Waals surface area contributed by atoms with Gasteiger partial charge < -0.3 is 4.74 Å². The Morgan fingerprint density at radius 3 is 2.35 bits per heavy atom. The summed E-state index contributed by atoms with van der Waals surface area (Å²) in [5, 5.41) is 0. The molecule has 0 unspecified atom stereocenters. The highest BCUT2D eigenvalue weighted by atomic mass is 79.9. The minimum atomic E-state index is -0.537. The molecule has 3 aromatic carbocycles. The Bertz CT molecular complexity index is 1140. The molecule has 0 aliphatic rings. The molecule has 6 nitrogen and oxygen atoms in total. The molecular formula is C24H19BrN2O4. The van der Waals surface area contributed by atoms with Gasteiger partial charge in [0.2, 0.25) is 0 Å². The zero-order valence-corrected chi connectivity index (χ0v) is 18.2. The van der Waals surface area contributed by atoms with Gasteiger partial charge in [-0.15, -0.1) is 0 Å². The molecule has 0 saturated heterocycles. The molecule has 0 aliphatic carbocycles. The van der Waals surface area contributed by atoms with E-state index in [4.69, 9.17) is 4.74 Å². The Morgan fingerprint density at radius 1 is 0.871 bits per heavy atom. The van der Waals surface area contributed by atoms with Crippen molar-refractivity contribution in [3.8, 4) is 5.75 Å². The van der Waals surface area contributed by atoms with Crippen molar-refractivity contribution in [2.75, 3.05) is 0 Å². The quantitative estimate of drug-likeness (QED) is 0.245. The lowest BCUT2D eigenvalue weighted by Gasteiger charge is -2.08. The van der Waals surface area contributed by atoms with Crippen molar-refractivity contribution in [3.63, 3.8) is 0 Å². The minimum absolute atomic E-state index is 0.317. The van der Waals surface area contributed by atoms with Crippen LogP contribution in [0.2, 0.25) is 0 Å². The molecule has 3 aromatic rings. The maximum Gasteiger partial charge on any atom is 0.343 e. The smallest absolute Gasteiger partial charge is 0.343 e. The summed E-state index contributed by atoms with van der Waals surface area (Å²) in [5.74, 6) is -1.15. The molecule has 0 aromatic heterocycles. The second-order valence-corrected chi connectivity index (χ2v) is 7.50. The molecule has 0 aliphatic heterocycles. The zero-order chi connectivity index (χ0) is 22.2. The first kappa shape index (κ1) is 22.0. The summed E-state index contributed by atoms with van der Waals surface area (Å²) in [7, 11) is 0. The van der Waals surface area contributed by atoms with Crippen LogP contribution >= 0.6 is 15.9 Å². The normalized spacial score (nSPS) is 10.5. The van der Waals surface area contributed by atoms with E-state index in [0.29, 0.717) is 22.4 Å². The third-order valence-corrected chi connectivity index (χ3v) is 4.72. The van der Waals surface area contributed by atoms with Crippen molar-refractivity contribution in [3.05, 3.63) is 106 Å². The summed E-state index contributed by atoms with van der Waals surface area (Å²) in [6, 6.07) is 20.6. The van der Waals surface area contributed by atoms with Gasteiger partial charge in [0.25, 0.3) is 11.8 Å². The Hall–Kier alpha value is -3.71. The first-order chi connectivity index (χ1) is 14.9. The average molecular weight is 479 g/mol. The molecule has 3 rings (SSSR count). The van der Waals surface area contributed by atoms with Crippen molar-refractivity contribution in [1.29, 1.82) is 0 Å². The molecule has 0 radical (unpaired) electrons. The summed E-state index contributed by atoms with van der Waals surface area (Å²) in [6.45, 7) is 1.89. The fourth-order valence-corrected chi connectivity index (χ4v) is 2.91. The van der Waals surface area contributed by atoms with Gasteiger partial charge in [0.05, 0.1) is 5.56 Å². The molecule has 0 fully saturated rings. The zero-order valence-electron chi connectivity index (χ0n) is 16.6. The van der Waals surface area contributed by atoms with Crippen LogP contribution in [0.25, 0.3) is 6.08 Å². The summed E-state index contributed by atoms with van der Waals surface area (Å²) in [5.41, 5.74) is 6.98. The lowest BCUT2D eigenvalue weighted by molar-refractivity contribution is -0.117. The Labute approximate surface area is 188 Å². The predicted molar refractivity (Wildman–Crippen MR) is 121 cm³/mol. The number of ether oxygens (including phenoxy) is 1. The van der Waals surface area contributed by atoms with Crippen LogP contribution in [0.3, 0.4) is 0 Å². The van der Waals surface area contributed by atoms with E-state index in [2.05, 4.69) is 26.8 Å². The standard InChI is InChI=1S/C24H19BrN2O4/c1-16-5-4-7-19(15-16)24(30)31-21-8-3-2-6-17(21)11-14-22(28)26-27-23(29)18-9-12-20(25)13-10-18/h2-15H,1H3,(H,26,28)(H,27,29)/b14-11+. The average Bonchev–Trinajstić information content (AvgIpc) is 2.77. The van der Waals surface area contributed by atoms with E-state index in [9.17, 15) is 14.4 Å². The molecule has 0 spiro atoms. The predicted octanol–water partition coefficient (Wildman–Crippen LogP) is 4.45. The maximum atomic E-state index is 12.4. The number of amides is 2. The van der Waals surface area contributed by atoms with Crippen molar-refractivity contribution >= 4 is 39.8 Å². The Kier molecular flexibility index (Phi) is 7.35. The van der Waals surface area contributed by atoms with Crippen LogP contribution < -0.4 is 15.6 Å². The van der Waals surface area contributed by atoms with E-state index in [-0.39, 0.29) is 0 Å². The van der Waals surface area contributed by atoms with E-state index < -0.39 is 17.8 Å². The molecule has 156 valence electrons. The number of rotatable bonds is 5. The number of aryl methyl sites for hydroxylation is 1. The molecule has 2 N–H and O–H groups in total. The first-order valence-electron chi connectivity index (χ1n) is 9.34. The fourth-order valence-electron chi connectivity index (χ4n) is 2.64. The van der Waals surface area contributed by atoms with Crippen LogP contribution in [0.15, 0.2) is 83.3 Å².